The van der Waals surface area contributed by atoms with Crippen LogP contribution in [0.3, 0.4) is 0 Å². The van der Waals surface area contributed by atoms with Crippen LogP contribution < -0.4 is 4.74 Å². The Labute approximate surface area is 216 Å². The molecule has 4 nitrogen and oxygen atoms in total. The van der Waals surface area contributed by atoms with Crippen molar-refractivity contribution in [1.82, 2.24) is 9.78 Å². The van der Waals surface area contributed by atoms with Crippen molar-refractivity contribution >= 4 is 23.2 Å². The lowest BCUT2D eigenvalue weighted by molar-refractivity contribution is -0.143. The zero-order chi connectivity index (χ0) is 27.1. The van der Waals surface area contributed by atoms with Gasteiger partial charge in [-0.2, -0.15) is 31.4 Å². The van der Waals surface area contributed by atoms with E-state index in [1.807, 2.05) is 0 Å². The van der Waals surface area contributed by atoms with E-state index in [1.54, 1.807) is 24.3 Å². The van der Waals surface area contributed by atoms with Crippen LogP contribution in [0.2, 0.25) is 10.0 Å². The molecule has 0 aliphatic carbocycles. The molecule has 0 bridgehead atoms. The summed E-state index contributed by atoms with van der Waals surface area (Å²) in [4.78, 5) is 0. The average Bonchev–Trinajstić information content (AvgIpc) is 3.15. The Bertz CT molecular complexity index is 1450. The fourth-order valence-electron chi connectivity index (χ4n) is 3.76. The quantitative estimate of drug-likeness (QED) is 0.249. The van der Waals surface area contributed by atoms with Crippen LogP contribution in [0.25, 0.3) is 22.4 Å². The second-order valence-electron chi connectivity index (χ2n) is 7.98. The molecule has 0 spiro atoms. The van der Waals surface area contributed by atoms with Crippen molar-refractivity contribution in [2.24, 2.45) is 7.05 Å². The predicted molar refractivity (Wildman–Crippen MR) is 127 cm³/mol. The second-order valence-corrected chi connectivity index (χ2v) is 8.82. The number of rotatable bonds is 5. The van der Waals surface area contributed by atoms with E-state index in [0.29, 0.717) is 15.8 Å². The fourth-order valence-corrected chi connectivity index (χ4v) is 4.11. The van der Waals surface area contributed by atoms with Crippen molar-refractivity contribution in [1.29, 1.82) is 0 Å². The molecule has 0 amide bonds. The Morgan fingerprint density at radius 2 is 1.57 bits per heavy atom. The lowest BCUT2D eigenvalue weighted by atomic mass is 9.96. The molecule has 1 aromatic heterocycles. The molecule has 3 aromatic carbocycles. The lowest BCUT2D eigenvalue weighted by Gasteiger charge is -2.14. The molecular weight excluding hydrogens is 545 g/mol. The highest BCUT2D eigenvalue weighted by molar-refractivity contribution is 6.31. The maximum Gasteiger partial charge on any atom is 0.433 e. The van der Waals surface area contributed by atoms with Crippen LogP contribution in [0.15, 0.2) is 60.7 Å². The molecule has 0 atom stereocenters. The van der Waals surface area contributed by atoms with Gasteiger partial charge >= 0.3 is 12.4 Å². The number of phenolic OH excluding ortho intramolecular Hbond substituents is 1. The zero-order valence-electron chi connectivity index (χ0n) is 18.8. The van der Waals surface area contributed by atoms with Crippen molar-refractivity contribution in [2.45, 2.75) is 19.0 Å². The number of phenols is 1. The molecule has 1 N–H and O–H groups in total. The summed E-state index contributed by atoms with van der Waals surface area (Å²) in [6.45, 7) is 0.119. The molecule has 0 aliphatic heterocycles. The summed E-state index contributed by atoms with van der Waals surface area (Å²) in [7, 11) is 1.01. The minimum atomic E-state index is -4.97. The molecule has 37 heavy (non-hydrogen) atoms. The van der Waals surface area contributed by atoms with E-state index in [9.17, 15) is 31.4 Å². The van der Waals surface area contributed by atoms with Gasteiger partial charge in [-0.3, -0.25) is 4.68 Å². The molecule has 0 aliphatic rings. The third kappa shape index (κ3) is 5.65. The molecule has 0 radical (unpaired) electrons. The van der Waals surface area contributed by atoms with Gasteiger partial charge in [0.2, 0.25) is 0 Å². The van der Waals surface area contributed by atoms with Gasteiger partial charge in [0.1, 0.15) is 23.8 Å². The van der Waals surface area contributed by atoms with Gasteiger partial charge in [-0.15, -0.1) is 0 Å². The second kappa shape index (κ2) is 9.83. The van der Waals surface area contributed by atoms with Gasteiger partial charge in [0.15, 0.2) is 5.69 Å². The van der Waals surface area contributed by atoms with E-state index >= 15 is 0 Å². The summed E-state index contributed by atoms with van der Waals surface area (Å²) in [5.74, 6) is -0.276. The van der Waals surface area contributed by atoms with Crippen LogP contribution in [-0.2, 0) is 26.0 Å². The summed E-state index contributed by atoms with van der Waals surface area (Å²) < 4.78 is 88.4. The van der Waals surface area contributed by atoms with E-state index < -0.39 is 45.5 Å². The minimum Gasteiger partial charge on any atom is -0.507 e. The Kier molecular flexibility index (Phi) is 7.09. The first-order valence-electron chi connectivity index (χ1n) is 10.5. The standard InChI is InChI=1S/C25H16Cl2F6N2O2/c1-35-23(25(31,32)33)21(14-4-9-19(27)18(10-14)24(28,29)30)22(34-35)17-8-7-16(11-20(17)36)37-12-13-2-5-15(26)6-3-13/h2-11,36H,12H2,1H3. The number of hydrogen-bond donors (Lipinski definition) is 1. The maximum atomic E-state index is 14.0. The fraction of sp³-hybridized carbons (Fsp3) is 0.160. The minimum absolute atomic E-state index is 0.119. The van der Waals surface area contributed by atoms with Crippen molar-refractivity contribution in [3.05, 3.63) is 87.5 Å². The highest BCUT2D eigenvalue weighted by Crippen LogP contribution is 2.46. The summed E-state index contributed by atoms with van der Waals surface area (Å²) in [5, 5.41) is 14.4. The molecule has 194 valence electrons. The highest BCUT2D eigenvalue weighted by atomic mass is 35.5. The number of halogens is 8. The van der Waals surface area contributed by atoms with Crippen molar-refractivity contribution in [3.63, 3.8) is 0 Å². The first kappa shape index (κ1) is 26.7. The molecule has 0 saturated carbocycles. The normalized spacial score (nSPS) is 12.1. The van der Waals surface area contributed by atoms with Gasteiger partial charge in [-0.05, 0) is 47.5 Å². The predicted octanol–water partition coefficient (Wildman–Crippen LogP) is 8.38. The number of alkyl halides is 6. The molecule has 4 rings (SSSR count). The number of hydrogen-bond acceptors (Lipinski definition) is 3. The Morgan fingerprint density at radius 3 is 2.16 bits per heavy atom. The lowest BCUT2D eigenvalue weighted by Crippen LogP contribution is -2.13. The summed E-state index contributed by atoms with van der Waals surface area (Å²) >= 11 is 11.5. The van der Waals surface area contributed by atoms with Crippen LogP contribution in [0, 0.1) is 0 Å². The maximum absolute atomic E-state index is 14.0. The Balaban J connectivity index is 1.79. The molecule has 4 aromatic rings. The first-order chi connectivity index (χ1) is 17.3. The largest absolute Gasteiger partial charge is 0.507 e. The number of aromatic hydroxyl groups is 1. The van der Waals surface area contributed by atoms with Crippen molar-refractivity contribution < 1.29 is 36.2 Å². The SMILES string of the molecule is Cn1nc(-c2ccc(OCc3ccc(Cl)cc3)cc2O)c(-c2ccc(Cl)c(C(F)(F)F)c2)c1C(F)(F)F. The van der Waals surface area contributed by atoms with Crippen LogP contribution in [-0.4, -0.2) is 14.9 Å². The zero-order valence-corrected chi connectivity index (χ0v) is 20.3. The molecule has 0 fully saturated rings. The monoisotopic (exact) mass is 560 g/mol. The number of nitrogens with zero attached hydrogens (tertiary/aromatic N) is 2. The number of benzene rings is 3. The third-order valence-corrected chi connectivity index (χ3v) is 6.00. The van der Waals surface area contributed by atoms with E-state index in [2.05, 4.69) is 5.10 Å². The molecule has 1 heterocycles. The van der Waals surface area contributed by atoms with Crippen LogP contribution in [0.4, 0.5) is 26.3 Å². The van der Waals surface area contributed by atoms with Crippen molar-refractivity contribution in [3.8, 4) is 33.9 Å². The Morgan fingerprint density at radius 1 is 0.892 bits per heavy atom. The van der Waals surface area contributed by atoms with Crippen LogP contribution >= 0.6 is 23.2 Å². The average molecular weight is 561 g/mol. The van der Waals surface area contributed by atoms with Gasteiger partial charge in [-0.1, -0.05) is 41.4 Å². The molecule has 12 heteroatoms. The summed E-state index contributed by atoms with van der Waals surface area (Å²) in [5.41, 5.74) is -3.38. The number of aromatic nitrogens is 2. The molecule has 0 saturated heterocycles. The van der Waals surface area contributed by atoms with Gasteiger partial charge in [0.05, 0.1) is 10.6 Å². The number of aryl methyl sites for hydroxylation is 1. The van der Waals surface area contributed by atoms with E-state index in [4.69, 9.17) is 27.9 Å². The topological polar surface area (TPSA) is 47.3 Å². The van der Waals surface area contributed by atoms with Crippen LogP contribution in [0.5, 0.6) is 11.5 Å². The van der Waals surface area contributed by atoms with Gasteiger partial charge < -0.3 is 9.84 Å². The summed E-state index contributed by atoms with van der Waals surface area (Å²) in [6, 6.07) is 13.1. The van der Waals surface area contributed by atoms with Crippen LogP contribution in [0.1, 0.15) is 16.8 Å². The van der Waals surface area contributed by atoms with E-state index in [-0.39, 0.29) is 23.6 Å². The number of ether oxygens (including phenoxy) is 1. The Hall–Kier alpha value is -3.37. The third-order valence-electron chi connectivity index (χ3n) is 5.42. The van der Waals surface area contributed by atoms with Gasteiger partial charge in [-0.25, -0.2) is 0 Å². The van der Waals surface area contributed by atoms with Gasteiger partial charge in [0, 0.05) is 29.3 Å². The van der Waals surface area contributed by atoms with Gasteiger partial charge in [0.25, 0.3) is 0 Å². The van der Waals surface area contributed by atoms with E-state index in [0.717, 1.165) is 24.7 Å². The van der Waals surface area contributed by atoms with E-state index in [1.165, 1.54) is 18.2 Å². The highest BCUT2D eigenvalue weighted by Gasteiger charge is 2.41. The van der Waals surface area contributed by atoms with Crippen molar-refractivity contribution in [2.75, 3.05) is 0 Å². The summed E-state index contributed by atoms with van der Waals surface area (Å²) in [6.07, 6.45) is -9.87. The molecular formula is C25H16Cl2F6N2O2. The first-order valence-corrected chi connectivity index (χ1v) is 11.2. The smallest absolute Gasteiger partial charge is 0.433 e. The molecule has 0 unspecified atom stereocenters.